The maximum Gasteiger partial charge on any atom is 0.255 e. The summed E-state index contributed by atoms with van der Waals surface area (Å²) in [4.78, 5) is 21.8. The molecular formula is C21H16BrN3OS. The normalized spacial score (nSPS) is 11.7. The van der Waals surface area contributed by atoms with Gasteiger partial charge in [0.05, 0.1) is 16.6 Å². The number of aromatic amines is 1. The van der Waals surface area contributed by atoms with Crippen molar-refractivity contribution in [3.05, 3.63) is 86.8 Å². The average molecular weight is 438 g/mol. The lowest BCUT2D eigenvalue weighted by atomic mass is 10.2. The van der Waals surface area contributed by atoms with Crippen molar-refractivity contribution in [2.75, 3.05) is 0 Å². The second-order valence-electron chi connectivity index (χ2n) is 6.00. The molecule has 1 amide bonds. The Morgan fingerprint density at radius 1 is 1.15 bits per heavy atom. The van der Waals surface area contributed by atoms with Crippen molar-refractivity contribution in [3.63, 3.8) is 0 Å². The largest absolute Gasteiger partial charge is 0.348 e. The van der Waals surface area contributed by atoms with Gasteiger partial charge in [-0.15, -0.1) is 11.3 Å². The number of hydrogen-bond donors (Lipinski definition) is 2. The van der Waals surface area contributed by atoms with Crippen LogP contribution in [0.15, 0.2) is 70.5 Å². The number of nitrogens with one attached hydrogen (secondary N) is 2. The number of carbonyl (C=O) groups excluding carboxylic acids is 1. The number of thiophene rings is 1. The van der Waals surface area contributed by atoms with Gasteiger partial charge >= 0.3 is 0 Å². The molecule has 0 aliphatic carbocycles. The maximum atomic E-state index is 13.0. The van der Waals surface area contributed by atoms with Gasteiger partial charge in [0.25, 0.3) is 5.91 Å². The molecule has 2 aromatic heterocycles. The summed E-state index contributed by atoms with van der Waals surface area (Å²) in [5.74, 6) is 0.397. The number of carbonyl (C=O) groups is 1. The van der Waals surface area contributed by atoms with Gasteiger partial charge in [0.15, 0.2) is 0 Å². The van der Waals surface area contributed by atoms with Crippen LogP contribution in [-0.4, -0.2) is 15.9 Å². The number of hydrogen-bond acceptors (Lipinski definition) is 3. The van der Waals surface area contributed by atoms with Gasteiger partial charge in [-0.3, -0.25) is 4.79 Å². The first-order valence-corrected chi connectivity index (χ1v) is 10.1. The van der Waals surface area contributed by atoms with E-state index in [9.17, 15) is 4.79 Å². The third-order valence-electron chi connectivity index (χ3n) is 4.06. The molecule has 0 atom stereocenters. The second kappa shape index (κ2) is 7.90. The predicted molar refractivity (Wildman–Crippen MR) is 114 cm³/mol. The Hall–Kier alpha value is -2.70. The topological polar surface area (TPSA) is 57.8 Å². The van der Waals surface area contributed by atoms with Crippen LogP contribution in [0.25, 0.3) is 22.7 Å². The Balaban J connectivity index is 1.67. The van der Waals surface area contributed by atoms with Crippen LogP contribution in [0.5, 0.6) is 0 Å². The average Bonchev–Trinajstić information content (AvgIpc) is 3.30. The zero-order valence-electron chi connectivity index (χ0n) is 14.3. The van der Waals surface area contributed by atoms with Gasteiger partial charge in [-0.05, 0) is 45.8 Å². The highest BCUT2D eigenvalue weighted by molar-refractivity contribution is 9.10. The number of benzene rings is 2. The molecule has 2 heterocycles. The SMILES string of the molecule is O=C(NCc1ccccc1)/C(=C/c1cc(Br)cs1)c1nc2ccccc2[nH]1. The number of halogens is 1. The molecular weight excluding hydrogens is 422 g/mol. The standard InChI is InChI=1S/C21H16BrN3OS/c22-15-10-16(27-13-15)11-17(20-24-18-8-4-5-9-19(18)25-20)21(26)23-12-14-6-2-1-3-7-14/h1-11,13H,12H2,(H,23,26)(H,24,25)/b17-11+. The molecule has 2 aromatic carbocycles. The maximum absolute atomic E-state index is 13.0. The fourth-order valence-electron chi connectivity index (χ4n) is 2.74. The van der Waals surface area contributed by atoms with Gasteiger partial charge in [0.1, 0.15) is 5.82 Å². The third-order valence-corrected chi connectivity index (χ3v) is 5.70. The van der Waals surface area contributed by atoms with E-state index >= 15 is 0 Å². The van der Waals surface area contributed by atoms with E-state index in [2.05, 4.69) is 31.2 Å². The van der Waals surface area contributed by atoms with E-state index in [1.807, 2.05) is 72.1 Å². The van der Waals surface area contributed by atoms with Gasteiger partial charge < -0.3 is 10.3 Å². The smallest absolute Gasteiger partial charge is 0.255 e. The van der Waals surface area contributed by atoms with Crippen LogP contribution in [0.3, 0.4) is 0 Å². The molecule has 27 heavy (non-hydrogen) atoms. The van der Waals surface area contributed by atoms with Crippen LogP contribution in [0.1, 0.15) is 16.3 Å². The molecule has 0 radical (unpaired) electrons. The minimum atomic E-state index is -0.164. The number of imidazole rings is 1. The minimum Gasteiger partial charge on any atom is -0.348 e. The molecule has 0 bridgehead atoms. The Morgan fingerprint density at radius 3 is 2.67 bits per heavy atom. The van der Waals surface area contributed by atoms with Crippen LogP contribution in [0, 0.1) is 0 Å². The van der Waals surface area contributed by atoms with Crippen molar-refractivity contribution in [1.29, 1.82) is 0 Å². The van der Waals surface area contributed by atoms with E-state index in [0.29, 0.717) is 17.9 Å². The molecule has 4 rings (SSSR count). The Labute approximate surface area is 169 Å². The van der Waals surface area contributed by atoms with E-state index in [4.69, 9.17) is 0 Å². The molecule has 0 aliphatic rings. The van der Waals surface area contributed by atoms with Gasteiger partial charge in [-0.2, -0.15) is 0 Å². The van der Waals surface area contributed by atoms with E-state index in [0.717, 1.165) is 25.9 Å². The summed E-state index contributed by atoms with van der Waals surface area (Å²) < 4.78 is 0.993. The molecule has 0 fully saturated rings. The van der Waals surface area contributed by atoms with Gasteiger partial charge in [-0.1, -0.05) is 42.5 Å². The predicted octanol–water partition coefficient (Wildman–Crippen LogP) is 5.24. The molecule has 0 unspecified atom stereocenters. The summed E-state index contributed by atoms with van der Waals surface area (Å²) in [6.07, 6.45) is 1.87. The lowest BCUT2D eigenvalue weighted by Gasteiger charge is -2.07. The van der Waals surface area contributed by atoms with Gasteiger partial charge in [0, 0.05) is 21.3 Å². The number of rotatable bonds is 5. The number of aromatic nitrogens is 2. The molecule has 4 nitrogen and oxygen atoms in total. The molecule has 4 aromatic rings. The zero-order chi connectivity index (χ0) is 18.6. The van der Waals surface area contributed by atoms with Crippen LogP contribution in [0.2, 0.25) is 0 Å². The number of para-hydroxylation sites is 2. The first-order chi connectivity index (χ1) is 13.2. The quantitative estimate of drug-likeness (QED) is 0.419. The van der Waals surface area contributed by atoms with E-state index in [1.165, 1.54) is 0 Å². The fourth-order valence-corrected chi connectivity index (χ4v) is 4.12. The summed E-state index contributed by atoms with van der Waals surface area (Å²) in [6.45, 7) is 0.464. The Morgan fingerprint density at radius 2 is 1.93 bits per heavy atom. The lowest BCUT2D eigenvalue weighted by Crippen LogP contribution is -2.24. The fraction of sp³-hybridized carbons (Fsp3) is 0.0476. The van der Waals surface area contributed by atoms with Crippen molar-refractivity contribution in [1.82, 2.24) is 15.3 Å². The van der Waals surface area contributed by atoms with Crippen molar-refractivity contribution < 1.29 is 4.79 Å². The van der Waals surface area contributed by atoms with E-state index in [1.54, 1.807) is 11.3 Å². The molecule has 6 heteroatoms. The summed E-state index contributed by atoms with van der Waals surface area (Å²) in [5, 5.41) is 4.98. The van der Waals surface area contributed by atoms with E-state index in [-0.39, 0.29) is 5.91 Å². The third kappa shape index (κ3) is 4.18. The molecule has 0 saturated carbocycles. The van der Waals surface area contributed by atoms with Crippen LogP contribution >= 0.6 is 27.3 Å². The van der Waals surface area contributed by atoms with Crippen molar-refractivity contribution in [2.24, 2.45) is 0 Å². The summed E-state index contributed by atoms with van der Waals surface area (Å²) in [5.41, 5.74) is 3.30. The molecule has 2 N–H and O–H groups in total. The van der Waals surface area contributed by atoms with Crippen LogP contribution < -0.4 is 5.32 Å². The number of amides is 1. The zero-order valence-corrected chi connectivity index (χ0v) is 16.7. The molecule has 0 spiro atoms. The summed E-state index contributed by atoms with van der Waals surface area (Å²) in [7, 11) is 0. The lowest BCUT2D eigenvalue weighted by molar-refractivity contribution is -0.115. The Bertz CT molecular complexity index is 1080. The molecule has 0 aliphatic heterocycles. The van der Waals surface area contributed by atoms with Crippen molar-refractivity contribution >= 4 is 55.9 Å². The first-order valence-electron chi connectivity index (χ1n) is 8.42. The van der Waals surface area contributed by atoms with Crippen molar-refractivity contribution in [3.8, 4) is 0 Å². The minimum absolute atomic E-state index is 0.164. The monoisotopic (exact) mass is 437 g/mol. The summed E-state index contributed by atoms with van der Waals surface area (Å²) >= 11 is 5.03. The second-order valence-corrected chi connectivity index (χ2v) is 7.85. The first kappa shape index (κ1) is 17.7. The highest BCUT2D eigenvalue weighted by Gasteiger charge is 2.16. The highest BCUT2D eigenvalue weighted by atomic mass is 79.9. The molecule has 134 valence electrons. The number of H-pyrrole nitrogens is 1. The summed E-state index contributed by atoms with van der Waals surface area (Å²) in [6, 6.07) is 19.6. The van der Waals surface area contributed by atoms with E-state index < -0.39 is 0 Å². The van der Waals surface area contributed by atoms with Crippen LogP contribution in [0.4, 0.5) is 0 Å². The van der Waals surface area contributed by atoms with Crippen LogP contribution in [-0.2, 0) is 11.3 Å². The van der Waals surface area contributed by atoms with Crippen molar-refractivity contribution in [2.45, 2.75) is 6.54 Å². The van der Waals surface area contributed by atoms with Gasteiger partial charge in [-0.25, -0.2) is 4.98 Å². The molecule has 0 saturated heterocycles. The number of nitrogens with zero attached hydrogens (tertiary/aromatic N) is 1. The van der Waals surface area contributed by atoms with Gasteiger partial charge in [0.2, 0.25) is 0 Å². The Kier molecular flexibility index (Phi) is 5.18. The highest BCUT2D eigenvalue weighted by Crippen LogP contribution is 2.25. The number of fused-ring (bicyclic) bond motifs is 1.